The van der Waals surface area contributed by atoms with Gasteiger partial charge >= 0.3 is 11.9 Å². The molecule has 0 spiro atoms. The van der Waals surface area contributed by atoms with Crippen LogP contribution in [0.25, 0.3) is 0 Å². The second kappa shape index (κ2) is 16.7. The SMILES string of the molecule is CO[C@@H](C(=O)O[C@@H]1CC(=O)O[C@]1(C)C[C@@](C)(O)CCCCCCCCCCCCc1ccccc1)c1ccccc1. The van der Waals surface area contributed by atoms with Crippen LogP contribution in [-0.2, 0) is 30.2 Å². The van der Waals surface area contributed by atoms with Crippen molar-refractivity contribution in [2.75, 3.05) is 7.11 Å². The molecular formula is C35H50O6. The van der Waals surface area contributed by atoms with E-state index >= 15 is 0 Å². The molecule has 4 atom stereocenters. The molecule has 3 rings (SSSR count). The Morgan fingerprint density at radius 3 is 2.05 bits per heavy atom. The van der Waals surface area contributed by atoms with Crippen molar-refractivity contribution in [3.63, 3.8) is 0 Å². The molecule has 1 saturated heterocycles. The summed E-state index contributed by atoms with van der Waals surface area (Å²) in [5.74, 6) is -0.994. The van der Waals surface area contributed by atoms with Crippen LogP contribution in [0.15, 0.2) is 60.7 Å². The highest BCUT2D eigenvalue weighted by atomic mass is 16.6. The number of hydrogen-bond donors (Lipinski definition) is 1. The van der Waals surface area contributed by atoms with Crippen LogP contribution >= 0.6 is 0 Å². The lowest BCUT2D eigenvalue weighted by Gasteiger charge is -2.36. The first-order chi connectivity index (χ1) is 19.7. The Kier molecular flexibility index (Phi) is 13.3. The van der Waals surface area contributed by atoms with E-state index in [1.54, 1.807) is 26.0 Å². The summed E-state index contributed by atoms with van der Waals surface area (Å²) in [6, 6.07) is 19.8. The number of benzene rings is 2. The van der Waals surface area contributed by atoms with Gasteiger partial charge < -0.3 is 19.3 Å². The Balaban J connectivity index is 1.31. The highest BCUT2D eigenvalue weighted by Gasteiger charge is 2.51. The smallest absolute Gasteiger partial charge is 0.340 e. The van der Waals surface area contributed by atoms with Gasteiger partial charge in [-0.3, -0.25) is 4.79 Å². The third kappa shape index (κ3) is 11.2. The number of methoxy groups -OCH3 is 1. The van der Waals surface area contributed by atoms with E-state index in [1.807, 2.05) is 18.2 Å². The topological polar surface area (TPSA) is 82.1 Å². The van der Waals surface area contributed by atoms with Gasteiger partial charge in [0.15, 0.2) is 12.2 Å². The molecule has 1 aliphatic heterocycles. The van der Waals surface area contributed by atoms with Gasteiger partial charge in [0.1, 0.15) is 5.60 Å². The molecule has 1 aliphatic rings. The third-order valence-electron chi connectivity index (χ3n) is 8.20. The molecule has 0 aliphatic carbocycles. The number of carbonyl (C=O) groups is 2. The Bertz CT molecular complexity index is 1040. The molecule has 0 aromatic heterocycles. The molecule has 0 bridgehead atoms. The second-order valence-electron chi connectivity index (χ2n) is 12.1. The average Bonchev–Trinajstić information content (AvgIpc) is 3.21. The van der Waals surface area contributed by atoms with Crippen LogP contribution in [0.2, 0.25) is 0 Å². The Labute approximate surface area is 246 Å². The number of esters is 2. The van der Waals surface area contributed by atoms with E-state index in [2.05, 4.69) is 30.3 Å². The molecule has 2 aromatic carbocycles. The number of carbonyl (C=O) groups excluding carboxylic acids is 2. The molecule has 6 nitrogen and oxygen atoms in total. The normalized spacial score (nSPS) is 20.8. The maximum Gasteiger partial charge on any atom is 0.340 e. The predicted molar refractivity (Wildman–Crippen MR) is 161 cm³/mol. The van der Waals surface area contributed by atoms with Crippen molar-refractivity contribution < 1.29 is 28.9 Å². The largest absolute Gasteiger partial charge is 0.455 e. The van der Waals surface area contributed by atoms with Gasteiger partial charge in [0.2, 0.25) is 0 Å². The van der Waals surface area contributed by atoms with Crippen molar-refractivity contribution in [3.8, 4) is 0 Å². The summed E-state index contributed by atoms with van der Waals surface area (Å²) >= 11 is 0. The molecule has 2 aromatic rings. The number of ether oxygens (including phenoxy) is 3. The summed E-state index contributed by atoms with van der Waals surface area (Å²) in [4.78, 5) is 25.2. The van der Waals surface area contributed by atoms with Crippen molar-refractivity contribution in [2.24, 2.45) is 0 Å². The Hall–Kier alpha value is -2.70. The van der Waals surface area contributed by atoms with Crippen LogP contribution in [0.1, 0.15) is 115 Å². The first-order valence-electron chi connectivity index (χ1n) is 15.5. The minimum Gasteiger partial charge on any atom is -0.455 e. The van der Waals surface area contributed by atoms with Gasteiger partial charge in [-0.1, -0.05) is 118 Å². The molecule has 1 fully saturated rings. The number of aliphatic hydroxyl groups is 1. The van der Waals surface area contributed by atoms with Crippen LogP contribution in [-0.4, -0.2) is 41.5 Å². The molecule has 0 amide bonds. The van der Waals surface area contributed by atoms with Crippen LogP contribution < -0.4 is 0 Å². The maximum atomic E-state index is 13.0. The van der Waals surface area contributed by atoms with Gasteiger partial charge in [0, 0.05) is 13.5 Å². The van der Waals surface area contributed by atoms with E-state index in [0.717, 1.165) is 19.3 Å². The fourth-order valence-corrected chi connectivity index (χ4v) is 5.99. The van der Waals surface area contributed by atoms with Gasteiger partial charge in [-0.05, 0) is 44.2 Å². The zero-order valence-electron chi connectivity index (χ0n) is 25.3. The van der Waals surface area contributed by atoms with E-state index < -0.39 is 35.3 Å². The zero-order chi connectivity index (χ0) is 29.6. The van der Waals surface area contributed by atoms with Gasteiger partial charge in [0.05, 0.1) is 12.0 Å². The van der Waals surface area contributed by atoms with Crippen molar-refractivity contribution in [1.82, 2.24) is 0 Å². The van der Waals surface area contributed by atoms with Crippen molar-refractivity contribution in [2.45, 2.75) is 127 Å². The lowest BCUT2D eigenvalue weighted by Crippen LogP contribution is -2.46. The molecule has 41 heavy (non-hydrogen) atoms. The number of aryl methyl sites for hydroxylation is 1. The Morgan fingerprint density at radius 2 is 1.46 bits per heavy atom. The average molecular weight is 567 g/mol. The minimum absolute atomic E-state index is 0.0312. The molecule has 0 radical (unpaired) electrons. The third-order valence-corrected chi connectivity index (χ3v) is 8.20. The first kappa shape index (κ1) is 32.8. The van der Waals surface area contributed by atoms with E-state index in [1.165, 1.54) is 64.0 Å². The van der Waals surface area contributed by atoms with E-state index in [0.29, 0.717) is 12.0 Å². The van der Waals surface area contributed by atoms with Crippen molar-refractivity contribution >= 4 is 11.9 Å². The summed E-state index contributed by atoms with van der Waals surface area (Å²) in [5.41, 5.74) is -0.0131. The van der Waals surface area contributed by atoms with E-state index in [-0.39, 0.29) is 12.8 Å². The minimum atomic E-state index is -1.09. The number of unbranched alkanes of at least 4 members (excludes halogenated alkanes) is 9. The molecular weight excluding hydrogens is 516 g/mol. The summed E-state index contributed by atoms with van der Waals surface area (Å²) < 4.78 is 16.8. The summed E-state index contributed by atoms with van der Waals surface area (Å²) in [6.45, 7) is 3.53. The molecule has 226 valence electrons. The van der Waals surface area contributed by atoms with Gasteiger partial charge in [-0.25, -0.2) is 4.79 Å². The zero-order valence-corrected chi connectivity index (χ0v) is 25.3. The summed E-state index contributed by atoms with van der Waals surface area (Å²) in [7, 11) is 1.45. The maximum absolute atomic E-state index is 13.0. The molecule has 0 unspecified atom stereocenters. The van der Waals surface area contributed by atoms with Crippen LogP contribution in [0.4, 0.5) is 0 Å². The van der Waals surface area contributed by atoms with Gasteiger partial charge in [0.25, 0.3) is 0 Å². The predicted octanol–water partition coefficient (Wildman–Crippen LogP) is 7.67. The van der Waals surface area contributed by atoms with Crippen molar-refractivity contribution in [1.29, 1.82) is 0 Å². The van der Waals surface area contributed by atoms with Gasteiger partial charge in [-0.15, -0.1) is 0 Å². The lowest BCUT2D eigenvalue weighted by atomic mass is 9.82. The fourth-order valence-electron chi connectivity index (χ4n) is 5.99. The second-order valence-corrected chi connectivity index (χ2v) is 12.1. The van der Waals surface area contributed by atoms with Crippen LogP contribution in [0.3, 0.4) is 0 Å². The number of rotatable bonds is 19. The summed E-state index contributed by atoms with van der Waals surface area (Å²) in [6.07, 6.45) is 12.4. The van der Waals surface area contributed by atoms with E-state index in [9.17, 15) is 14.7 Å². The quantitative estimate of drug-likeness (QED) is 0.139. The fraction of sp³-hybridized carbons (Fsp3) is 0.600. The lowest BCUT2D eigenvalue weighted by molar-refractivity contribution is -0.177. The van der Waals surface area contributed by atoms with Crippen molar-refractivity contribution in [3.05, 3.63) is 71.8 Å². The van der Waals surface area contributed by atoms with Gasteiger partial charge in [-0.2, -0.15) is 0 Å². The first-order valence-corrected chi connectivity index (χ1v) is 15.5. The van der Waals surface area contributed by atoms with Crippen LogP contribution in [0.5, 0.6) is 0 Å². The molecule has 1 N–H and O–H groups in total. The monoisotopic (exact) mass is 566 g/mol. The number of cyclic esters (lactones) is 1. The number of hydrogen-bond acceptors (Lipinski definition) is 6. The van der Waals surface area contributed by atoms with E-state index in [4.69, 9.17) is 14.2 Å². The standard InChI is InChI=1S/C35H50O6/c1-34(38,25-19-11-9-7-5-4-6-8-10-14-20-28-21-15-12-16-22-28)27-35(2)30(26-31(36)41-35)40-33(37)32(39-3)29-23-17-13-18-24-29/h12-13,15-18,21-24,30,32,38H,4-11,14,19-20,25-27H2,1-3H3/t30-,32-,34+,35-/m1/s1. The highest BCUT2D eigenvalue weighted by Crippen LogP contribution is 2.39. The molecule has 1 heterocycles. The van der Waals surface area contributed by atoms with Crippen LogP contribution in [0, 0.1) is 0 Å². The molecule has 0 saturated carbocycles. The summed E-state index contributed by atoms with van der Waals surface area (Å²) in [5, 5.41) is 11.2. The molecule has 6 heteroatoms. The Morgan fingerprint density at radius 1 is 0.927 bits per heavy atom. The highest BCUT2D eigenvalue weighted by molar-refractivity contribution is 5.79.